The largest absolute Gasteiger partial charge is 0.486 e. The lowest BCUT2D eigenvalue weighted by molar-refractivity contribution is 0.0339. The van der Waals surface area contributed by atoms with Gasteiger partial charge < -0.3 is 14.4 Å². The molecule has 0 N–H and O–H groups in total. The number of rotatable bonds is 8. The van der Waals surface area contributed by atoms with Crippen molar-refractivity contribution in [1.82, 2.24) is 9.88 Å². The molecule has 190 valence electrons. The van der Waals surface area contributed by atoms with Crippen molar-refractivity contribution < 1.29 is 22.7 Å². The van der Waals surface area contributed by atoms with Gasteiger partial charge in [0.25, 0.3) is 5.91 Å². The smallest absolute Gasteiger partial charge is 0.254 e. The average molecular weight is 510 g/mol. The quantitative estimate of drug-likeness (QED) is 0.461. The first-order valence-electron chi connectivity index (χ1n) is 11.7. The third-order valence-corrected chi connectivity index (χ3v) is 8.15. The van der Waals surface area contributed by atoms with Gasteiger partial charge in [-0.25, -0.2) is 8.42 Å². The van der Waals surface area contributed by atoms with Gasteiger partial charge >= 0.3 is 0 Å². The number of carbonyl (C=O) groups excluding carboxylic acids is 1. The first kappa shape index (κ1) is 25.7. The highest BCUT2D eigenvalue weighted by Gasteiger charge is 2.37. The van der Waals surface area contributed by atoms with Crippen molar-refractivity contribution in [1.29, 1.82) is 0 Å². The summed E-state index contributed by atoms with van der Waals surface area (Å²) in [5.74, 6) is 0.296. The van der Waals surface area contributed by atoms with Crippen molar-refractivity contribution in [2.45, 2.75) is 31.8 Å². The van der Waals surface area contributed by atoms with Crippen molar-refractivity contribution in [3.05, 3.63) is 89.2 Å². The van der Waals surface area contributed by atoms with Crippen LogP contribution in [0.2, 0.25) is 0 Å². The molecule has 0 aliphatic carbocycles. The highest BCUT2D eigenvalue weighted by Crippen LogP contribution is 2.25. The second kappa shape index (κ2) is 10.7. The van der Waals surface area contributed by atoms with Gasteiger partial charge in [-0.05, 0) is 55.3 Å². The van der Waals surface area contributed by atoms with Gasteiger partial charge in [0, 0.05) is 32.1 Å². The zero-order valence-corrected chi connectivity index (χ0v) is 21.7. The predicted molar refractivity (Wildman–Crippen MR) is 139 cm³/mol. The zero-order valence-electron chi connectivity index (χ0n) is 20.9. The molecule has 0 saturated carbocycles. The molecule has 0 radical (unpaired) electrons. The first-order valence-corrected chi connectivity index (χ1v) is 13.3. The van der Waals surface area contributed by atoms with Crippen molar-refractivity contribution in [2.24, 2.45) is 0 Å². The highest BCUT2D eigenvalue weighted by molar-refractivity contribution is 7.92. The zero-order chi connectivity index (χ0) is 25.9. The number of pyridine rings is 1. The number of anilines is 1. The van der Waals surface area contributed by atoms with Crippen LogP contribution < -0.4 is 9.04 Å². The number of nitrogens with zero attached hydrogens (tertiary/aromatic N) is 3. The molecule has 9 heteroatoms. The summed E-state index contributed by atoms with van der Waals surface area (Å²) in [5.41, 5.74) is 3.77. The number of sulfonamides is 1. The van der Waals surface area contributed by atoms with Crippen LogP contribution in [-0.4, -0.2) is 63.7 Å². The molecule has 36 heavy (non-hydrogen) atoms. The molecule has 2 heterocycles. The minimum Gasteiger partial charge on any atom is -0.486 e. The summed E-state index contributed by atoms with van der Waals surface area (Å²) in [5, 5.41) is 0. The number of benzene rings is 2. The third kappa shape index (κ3) is 5.68. The number of likely N-dealkylation sites (tertiary alicyclic amines) is 1. The Morgan fingerprint density at radius 1 is 1.06 bits per heavy atom. The minimum atomic E-state index is -3.61. The first-order chi connectivity index (χ1) is 17.2. The van der Waals surface area contributed by atoms with Crippen LogP contribution in [0.3, 0.4) is 0 Å². The average Bonchev–Trinajstić information content (AvgIpc) is 3.27. The van der Waals surface area contributed by atoms with E-state index in [1.54, 1.807) is 60.8 Å². The molecule has 1 fully saturated rings. The van der Waals surface area contributed by atoms with Crippen molar-refractivity contribution >= 4 is 21.6 Å². The number of hydrogen-bond acceptors (Lipinski definition) is 6. The molecule has 1 saturated heterocycles. The Bertz CT molecular complexity index is 1330. The Morgan fingerprint density at radius 3 is 2.50 bits per heavy atom. The molecule has 1 amide bonds. The lowest BCUT2D eigenvalue weighted by Gasteiger charge is -2.21. The number of hydrogen-bond donors (Lipinski definition) is 0. The lowest BCUT2D eigenvalue weighted by atomic mass is 10.0. The molecule has 0 bridgehead atoms. The van der Waals surface area contributed by atoms with E-state index in [4.69, 9.17) is 9.47 Å². The Balaban J connectivity index is 1.46. The Morgan fingerprint density at radius 2 is 1.78 bits per heavy atom. The minimum absolute atomic E-state index is 0.0525. The van der Waals surface area contributed by atoms with Crippen LogP contribution in [0.25, 0.3) is 0 Å². The van der Waals surface area contributed by atoms with Gasteiger partial charge in [0.1, 0.15) is 18.0 Å². The summed E-state index contributed by atoms with van der Waals surface area (Å²) in [6.45, 7) is 4.68. The van der Waals surface area contributed by atoms with Gasteiger partial charge in [0.2, 0.25) is 10.0 Å². The molecule has 1 aliphatic rings. The SMILES string of the molecule is CO[C@@H]1CN(C(=O)c2cc(C)ccc2C)C[C@H]1Oc1cccc(CS(=O)(=O)N(C)c2ccncc2)c1. The summed E-state index contributed by atoms with van der Waals surface area (Å²) in [4.78, 5) is 18.9. The van der Waals surface area contributed by atoms with Crippen LogP contribution in [0.5, 0.6) is 5.75 Å². The summed E-state index contributed by atoms with van der Waals surface area (Å²) in [7, 11) is -0.488. The van der Waals surface area contributed by atoms with E-state index in [9.17, 15) is 13.2 Å². The van der Waals surface area contributed by atoms with E-state index in [0.717, 1.165) is 11.1 Å². The van der Waals surface area contributed by atoms with Crippen LogP contribution in [0.1, 0.15) is 27.0 Å². The fourth-order valence-corrected chi connectivity index (χ4v) is 5.53. The van der Waals surface area contributed by atoms with E-state index in [1.165, 1.54) is 11.4 Å². The van der Waals surface area contributed by atoms with Crippen LogP contribution in [0.15, 0.2) is 67.0 Å². The maximum atomic E-state index is 13.2. The van der Waals surface area contributed by atoms with E-state index in [1.807, 2.05) is 32.0 Å². The van der Waals surface area contributed by atoms with Crippen LogP contribution >= 0.6 is 0 Å². The number of amides is 1. The summed E-state index contributed by atoms with van der Waals surface area (Å²) >= 11 is 0. The van der Waals surface area contributed by atoms with Crippen LogP contribution in [-0.2, 0) is 20.5 Å². The van der Waals surface area contributed by atoms with Crippen molar-refractivity contribution in [2.75, 3.05) is 31.6 Å². The van der Waals surface area contributed by atoms with Gasteiger partial charge in [-0.1, -0.05) is 29.8 Å². The second-order valence-corrected chi connectivity index (χ2v) is 11.0. The van der Waals surface area contributed by atoms with Gasteiger partial charge in [0.05, 0.1) is 24.5 Å². The predicted octanol–water partition coefficient (Wildman–Crippen LogP) is 3.58. The fraction of sp³-hybridized carbons (Fsp3) is 0.333. The lowest BCUT2D eigenvalue weighted by Crippen LogP contribution is -2.32. The van der Waals surface area contributed by atoms with Gasteiger partial charge in [0.15, 0.2) is 0 Å². The summed E-state index contributed by atoms with van der Waals surface area (Å²) < 4.78 is 39.0. The molecule has 2 aromatic carbocycles. The van der Waals surface area contributed by atoms with Crippen molar-refractivity contribution in [3.8, 4) is 5.75 Å². The van der Waals surface area contributed by atoms with E-state index in [-0.39, 0.29) is 23.9 Å². The fourth-order valence-electron chi connectivity index (χ4n) is 4.29. The third-order valence-electron chi connectivity index (χ3n) is 6.41. The van der Waals surface area contributed by atoms with Gasteiger partial charge in [-0.2, -0.15) is 0 Å². The molecule has 1 aliphatic heterocycles. The number of aryl methyl sites for hydroxylation is 2. The maximum Gasteiger partial charge on any atom is 0.254 e. The number of ether oxygens (including phenoxy) is 2. The van der Waals surface area contributed by atoms with E-state index in [0.29, 0.717) is 35.7 Å². The van der Waals surface area contributed by atoms with E-state index in [2.05, 4.69) is 4.98 Å². The molecule has 1 aromatic heterocycles. The molecule has 0 spiro atoms. The topological polar surface area (TPSA) is 89.0 Å². The number of aromatic nitrogens is 1. The second-order valence-electron chi connectivity index (χ2n) is 9.04. The maximum absolute atomic E-state index is 13.2. The molecule has 4 rings (SSSR count). The normalized spacial score (nSPS) is 17.7. The van der Waals surface area contributed by atoms with Gasteiger partial charge in [-0.15, -0.1) is 0 Å². The standard InChI is InChI=1S/C27H31N3O5S/c1-19-8-9-20(2)24(14-19)27(31)30-16-25(34-4)26(17-30)35-23-7-5-6-21(15-23)18-36(32,33)29(3)22-10-12-28-13-11-22/h5-15,25-26H,16-18H2,1-4H3/t25-,26-/m1/s1. The molecule has 8 nitrogen and oxygen atoms in total. The van der Waals surface area contributed by atoms with Crippen molar-refractivity contribution in [3.63, 3.8) is 0 Å². The summed E-state index contributed by atoms with van der Waals surface area (Å²) in [6.07, 6.45) is 2.43. The molecular formula is C27H31N3O5S. The van der Waals surface area contributed by atoms with Crippen LogP contribution in [0, 0.1) is 13.8 Å². The Labute approximate surface area is 212 Å². The Hall–Kier alpha value is -3.43. The Kier molecular flexibility index (Phi) is 7.61. The van der Waals surface area contributed by atoms with E-state index >= 15 is 0 Å². The molecular weight excluding hydrogens is 478 g/mol. The molecule has 3 aromatic rings. The monoisotopic (exact) mass is 509 g/mol. The van der Waals surface area contributed by atoms with Gasteiger partial charge in [-0.3, -0.25) is 14.1 Å². The molecule has 2 atom stereocenters. The number of carbonyl (C=O) groups is 1. The number of methoxy groups -OCH3 is 1. The summed E-state index contributed by atoms with van der Waals surface area (Å²) in [6, 6.07) is 16.2. The molecule has 0 unspecified atom stereocenters. The highest BCUT2D eigenvalue weighted by atomic mass is 32.2. The van der Waals surface area contributed by atoms with E-state index < -0.39 is 10.0 Å². The van der Waals surface area contributed by atoms with Crippen LogP contribution in [0.4, 0.5) is 5.69 Å².